The lowest BCUT2D eigenvalue weighted by molar-refractivity contribution is -0.136. The summed E-state index contributed by atoms with van der Waals surface area (Å²) in [4.78, 5) is 12.5. The van der Waals surface area contributed by atoms with Gasteiger partial charge in [0.05, 0.1) is 7.11 Å². The Kier molecular flexibility index (Phi) is 4.17. The zero-order chi connectivity index (χ0) is 12.1. The summed E-state index contributed by atoms with van der Waals surface area (Å²) in [6.07, 6.45) is 0.605. The summed E-state index contributed by atoms with van der Waals surface area (Å²) in [5.74, 6) is -0.0517. The maximum atomic E-state index is 10.5. The number of carboxylic acids is 1. The van der Waals surface area contributed by atoms with Crippen molar-refractivity contribution in [1.29, 1.82) is 0 Å². The van der Waals surface area contributed by atoms with E-state index in [0.717, 1.165) is 17.0 Å². The molecule has 0 spiro atoms. The molecule has 0 heterocycles. The zero-order valence-corrected chi connectivity index (χ0v) is 9.86. The van der Waals surface area contributed by atoms with Gasteiger partial charge in [-0.1, -0.05) is 0 Å². The lowest BCUT2D eigenvalue weighted by atomic mass is 10.1. The molecule has 88 valence electrons. The van der Waals surface area contributed by atoms with Gasteiger partial charge in [-0.05, 0) is 30.2 Å². The van der Waals surface area contributed by atoms with Gasteiger partial charge in [-0.25, -0.2) is 0 Å². The topological polar surface area (TPSA) is 49.8 Å². The number of nitrogens with zero attached hydrogens (tertiary/aromatic N) is 1. The van der Waals surface area contributed by atoms with Crippen LogP contribution in [-0.2, 0) is 11.2 Å². The maximum Gasteiger partial charge on any atom is 0.303 e. The van der Waals surface area contributed by atoms with E-state index in [4.69, 9.17) is 9.84 Å². The van der Waals surface area contributed by atoms with Gasteiger partial charge in [0.25, 0.3) is 0 Å². The minimum absolute atomic E-state index is 0.118. The number of aliphatic carboxylic acids is 1. The Labute approximate surface area is 95.5 Å². The van der Waals surface area contributed by atoms with Crippen LogP contribution in [0.2, 0.25) is 0 Å². The fourth-order valence-electron chi connectivity index (χ4n) is 1.48. The highest BCUT2D eigenvalue weighted by Crippen LogP contribution is 2.25. The van der Waals surface area contributed by atoms with Gasteiger partial charge in [0, 0.05) is 26.2 Å². The molecule has 1 N–H and O–H groups in total. The molecule has 4 nitrogen and oxygen atoms in total. The van der Waals surface area contributed by atoms with Gasteiger partial charge in [0.1, 0.15) is 5.75 Å². The van der Waals surface area contributed by atoms with E-state index < -0.39 is 5.97 Å². The third kappa shape index (κ3) is 3.15. The highest BCUT2D eigenvalue weighted by atomic mass is 16.5. The Hall–Kier alpha value is -1.71. The molecule has 1 aromatic rings. The van der Waals surface area contributed by atoms with Crippen LogP contribution >= 0.6 is 0 Å². The molecule has 0 aliphatic heterocycles. The van der Waals surface area contributed by atoms with Gasteiger partial charge in [0.15, 0.2) is 0 Å². The summed E-state index contributed by atoms with van der Waals surface area (Å²) in [6.45, 7) is 0. The molecule has 0 saturated carbocycles. The molecular weight excluding hydrogens is 206 g/mol. The van der Waals surface area contributed by atoms with Crippen LogP contribution in [0.4, 0.5) is 5.69 Å². The molecule has 16 heavy (non-hydrogen) atoms. The van der Waals surface area contributed by atoms with Crippen molar-refractivity contribution in [2.75, 3.05) is 26.1 Å². The van der Waals surface area contributed by atoms with E-state index in [9.17, 15) is 4.79 Å². The van der Waals surface area contributed by atoms with Crippen LogP contribution in [0.5, 0.6) is 5.75 Å². The molecule has 0 aromatic heterocycles. The van der Waals surface area contributed by atoms with Gasteiger partial charge in [-0.2, -0.15) is 0 Å². The second-order valence-corrected chi connectivity index (χ2v) is 3.78. The van der Waals surface area contributed by atoms with Crippen molar-refractivity contribution < 1.29 is 14.6 Å². The predicted octanol–water partition coefficient (Wildman–Crippen LogP) is 1.78. The Morgan fingerprint density at radius 1 is 1.44 bits per heavy atom. The van der Waals surface area contributed by atoms with Gasteiger partial charge in [0.2, 0.25) is 0 Å². The number of hydrogen-bond acceptors (Lipinski definition) is 3. The molecule has 0 atom stereocenters. The van der Waals surface area contributed by atoms with Crippen molar-refractivity contribution in [3.63, 3.8) is 0 Å². The van der Waals surface area contributed by atoms with Crippen LogP contribution in [0.3, 0.4) is 0 Å². The molecular formula is C12H17NO3. The lowest BCUT2D eigenvalue weighted by Crippen LogP contribution is -2.09. The lowest BCUT2D eigenvalue weighted by Gasteiger charge is -2.15. The number of rotatable bonds is 5. The first-order chi connectivity index (χ1) is 7.54. The summed E-state index contributed by atoms with van der Waals surface area (Å²) >= 11 is 0. The molecule has 0 radical (unpaired) electrons. The molecule has 4 heteroatoms. The first kappa shape index (κ1) is 12.4. The molecule has 0 saturated heterocycles. The summed E-state index contributed by atoms with van der Waals surface area (Å²) in [5, 5.41) is 8.67. The number of ether oxygens (including phenoxy) is 1. The minimum atomic E-state index is -0.794. The molecule has 0 aliphatic carbocycles. The Morgan fingerprint density at radius 2 is 2.12 bits per heavy atom. The average molecular weight is 223 g/mol. The van der Waals surface area contributed by atoms with Crippen molar-refractivity contribution in [1.82, 2.24) is 0 Å². The van der Waals surface area contributed by atoms with E-state index >= 15 is 0 Å². The van der Waals surface area contributed by atoms with Crippen LogP contribution in [0.15, 0.2) is 18.2 Å². The molecule has 1 aromatic carbocycles. The Bertz CT molecular complexity index is 375. The summed E-state index contributed by atoms with van der Waals surface area (Å²) in [7, 11) is 5.49. The van der Waals surface area contributed by atoms with Crippen molar-refractivity contribution in [3.8, 4) is 5.75 Å². The molecule has 0 aliphatic rings. The quantitative estimate of drug-likeness (QED) is 0.826. The first-order valence-electron chi connectivity index (χ1n) is 5.10. The number of aryl methyl sites for hydroxylation is 1. The van der Waals surface area contributed by atoms with E-state index in [1.807, 2.05) is 37.2 Å². The summed E-state index contributed by atoms with van der Waals surface area (Å²) < 4.78 is 5.20. The normalized spacial score (nSPS) is 9.94. The van der Waals surface area contributed by atoms with E-state index in [1.165, 1.54) is 0 Å². The smallest absolute Gasteiger partial charge is 0.303 e. The zero-order valence-electron chi connectivity index (χ0n) is 9.86. The van der Waals surface area contributed by atoms with Crippen molar-refractivity contribution in [2.24, 2.45) is 0 Å². The average Bonchev–Trinajstić information content (AvgIpc) is 2.25. The largest absolute Gasteiger partial charge is 0.496 e. The van der Waals surface area contributed by atoms with E-state index in [1.54, 1.807) is 7.11 Å². The van der Waals surface area contributed by atoms with E-state index in [-0.39, 0.29) is 6.42 Å². The van der Waals surface area contributed by atoms with Crippen LogP contribution in [-0.4, -0.2) is 32.3 Å². The fraction of sp³-hybridized carbons (Fsp3) is 0.417. The number of benzene rings is 1. The van der Waals surface area contributed by atoms with E-state index in [0.29, 0.717) is 6.42 Å². The maximum absolute atomic E-state index is 10.5. The first-order valence-corrected chi connectivity index (χ1v) is 5.10. The second-order valence-electron chi connectivity index (χ2n) is 3.78. The summed E-state index contributed by atoms with van der Waals surface area (Å²) in [5.41, 5.74) is 1.97. The Balaban J connectivity index is 2.92. The highest BCUT2D eigenvalue weighted by molar-refractivity contribution is 5.67. The Morgan fingerprint density at radius 3 is 2.62 bits per heavy atom. The van der Waals surface area contributed by atoms with Gasteiger partial charge in [-0.15, -0.1) is 0 Å². The number of hydrogen-bond donors (Lipinski definition) is 1. The highest BCUT2D eigenvalue weighted by Gasteiger charge is 2.07. The van der Waals surface area contributed by atoms with Crippen molar-refractivity contribution in [3.05, 3.63) is 23.8 Å². The van der Waals surface area contributed by atoms with E-state index in [2.05, 4.69) is 0 Å². The van der Waals surface area contributed by atoms with Gasteiger partial charge in [-0.3, -0.25) is 4.79 Å². The van der Waals surface area contributed by atoms with Crippen molar-refractivity contribution in [2.45, 2.75) is 12.8 Å². The standard InChI is InChI=1S/C12H17NO3/c1-13(2)10-5-6-11(16-3)9(8-10)4-7-12(14)15/h5-6,8H,4,7H2,1-3H3,(H,14,15). The monoisotopic (exact) mass is 223 g/mol. The van der Waals surface area contributed by atoms with Crippen LogP contribution in [0.1, 0.15) is 12.0 Å². The number of methoxy groups -OCH3 is 1. The SMILES string of the molecule is COc1ccc(N(C)C)cc1CCC(=O)O. The van der Waals surface area contributed by atoms with Gasteiger partial charge >= 0.3 is 5.97 Å². The number of carbonyl (C=O) groups is 1. The fourth-order valence-corrected chi connectivity index (χ4v) is 1.48. The molecule has 0 unspecified atom stereocenters. The van der Waals surface area contributed by atoms with Crippen LogP contribution in [0.25, 0.3) is 0 Å². The third-order valence-electron chi connectivity index (χ3n) is 2.39. The third-order valence-corrected chi connectivity index (χ3v) is 2.39. The van der Waals surface area contributed by atoms with Crippen LogP contribution < -0.4 is 9.64 Å². The predicted molar refractivity (Wildman–Crippen MR) is 63.3 cm³/mol. The number of carboxylic acid groups (broad SMARTS) is 1. The van der Waals surface area contributed by atoms with Gasteiger partial charge < -0.3 is 14.7 Å². The molecule has 0 fully saturated rings. The second kappa shape index (κ2) is 5.39. The van der Waals surface area contributed by atoms with Crippen LogP contribution in [0, 0.1) is 0 Å². The summed E-state index contributed by atoms with van der Waals surface area (Å²) in [6, 6.07) is 5.78. The van der Waals surface area contributed by atoms with Crippen molar-refractivity contribution >= 4 is 11.7 Å². The molecule has 0 amide bonds. The minimum Gasteiger partial charge on any atom is -0.496 e. The molecule has 1 rings (SSSR count). The molecule has 0 bridgehead atoms. The number of anilines is 1.